The first kappa shape index (κ1) is 15.3. The largest absolute Gasteiger partial charge is 0.496 e. The Labute approximate surface area is 145 Å². The van der Waals surface area contributed by atoms with Gasteiger partial charge >= 0.3 is 0 Å². The lowest BCUT2D eigenvalue weighted by Gasteiger charge is -2.12. The van der Waals surface area contributed by atoms with E-state index in [1.54, 1.807) is 19.5 Å². The molecule has 2 aromatic heterocycles. The molecule has 0 saturated carbocycles. The lowest BCUT2D eigenvalue weighted by molar-refractivity contribution is 0.411. The van der Waals surface area contributed by atoms with Crippen molar-refractivity contribution in [1.29, 1.82) is 0 Å². The zero-order valence-electron chi connectivity index (χ0n) is 14.4. The molecule has 0 amide bonds. The van der Waals surface area contributed by atoms with Crippen LogP contribution in [0.5, 0.6) is 5.75 Å². The Balaban J connectivity index is 1.87. The van der Waals surface area contributed by atoms with Crippen molar-refractivity contribution >= 4 is 10.9 Å². The maximum absolute atomic E-state index is 5.50. The molecule has 0 aliphatic heterocycles. The minimum Gasteiger partial charge on any atom is -0.496 e. The molecule has 0 fully saturated rings. The molecule has 0 aliphatic carbocycles. The summed E-state index contributed by atoms with van der Waals surface area (Å²) >= 11 is 0. The van der Waals surface area contributed by atoms with E-state index in [1.165, 1.54) is 0 Å². The average molecular weight is 330 g/mol. The SMILES string of the molecule is COc1cc(-n2nncc2-c2ccc3cccnc3c2)cc(C)c1C. The third kappa shape index (κ3) is 2.63. The molecular weight excluding hydrogens is 312 g/mol. The fourth-order valence-electron chi connectivity index (χ4n) is 2.99. The van der Waals surface area contributed by atoms with Gasteiger partial charge in [-0.3, -0.25) is 4.98 Å². The van der Waals surface area contributed by atoms with Gasteiger partial charge in [0.05, 0.1) is 30.2 Å². The number of hydrogen-bond acceptors (Lipinski definition) is 4. The number of aryl methyl sites for hydroxylation is 1. The third-order valence-corrected chi connectivity index (χ3v) is 4.52. The maximum atomic E-state index is 5.50. The van der Waals surface area contributed by atoms with E-state index in [0.717, 1.165) is 44.7 Å². The van der Waals surface area contributed by atoms with Crippen molar-refractivity contribution in [2.75, 3.05) is 7.11 Å². The number of rotatable bonds is 3. The monoisotopic (exact) mass is 330 g/mol. The van der Waals surface area contributed by atoms with Crippen LogP contribution in [0.3, 0.4) is 0 Å². The van der Waals surface area contributed by atoms with Crippen molar-refractivity contribution in [1.82, 2.24) is 20.0 Å². The van der Waals surface area contributed by atoms with Crippen LogP contribution in [0.2, 0.25) is 0 Å². The van der Waals surface area contributed by atoms with Crippen molar-refractivity contribution in [2.24, 2.45) is 0 Å². The lowest BCUT2D eigenvalue weighted by Crippen LogP contribution is -2.02. The first-order valence-corrected chi connectivity index (χ1v) is 8.09. The van der Waals surface area contributed by atoms with Crippen LogP contribution < -0.4 is 4.74 Å². The van der Waals surface area contributed by atoms with Gasteiger partial charge in [-0.1, -0.05) is 23.4 Å². The first-order valence-electron chi connectivity index (χ1n) is 8.09. The van der Waals surface area contributed by atoms with Crippen LogP contribution in [0.1, 0.15) is 11.1 Å². The van der Waals surface area contributed by atoms with Gasteiger partial charge in [-0.15, -0.1) is 5.10 Å². The smallest absolute Gasteiger partial charge is 0.124 e. The van der Waals surface area contributed by atoms with Crippen molar-refractivity contribution in [3.05, 3.63) is 66.0 Å². The summed E-state index contributed by atoms with van der Waals surface area (Å²) in [7, 11) is 1.68. The van der Waals surface area contributed by atoms with Crippen LogP contribution >= 0.6 is 0 Å². The highest BCUT2D eigenvalue weighted by molar-refractivity contribution is 5.83. The van der Waals surface area contributed by atoms with E-state index in [9.17, 15) is 0 Å². The molecule has 0 unspecified atom stereocenters. The number of methoxy groups -OCH3 is 1. The van der Waals surface area contributed by atoms with Gasteiger partial charge in [-0.25, -0.2) is 4.68 Å². The highest BCUT2D eigenvalue weighted by atomic mass is 16.5. The zero-order valence-corrected chi connectivity index (χ0v) is 14.4. The molecule has 4 aromatic rings. The van der Waals surface area contributed by atoms with Gasteiger partial charge in [-0.2, -0.15) is 0 Å². The van der Waals surface area contributed by atoms with Gasteiger partial charge in [0.15, 0.2) is 0 Å². The van der Waals surface area contributed by atoms with E-state index in [0.29, 0.717) is 0 Å². The van der Waals surface area contributed by atoms with Gasteiger partial charge in [0.1, 0.15) is 5.75 Å². The van der Waals surface area contributed by atoms with Gasteiger partial charge in [-0.05, 0) is 43.2 Å². The van der Waals surface area contributed by atoms with Gasteiger partial charge in [0.25, 0.3) is 0 Å². The molecule has 4 rings (SSSR count). The molecule has 25 heavy (non-hydrogen) atoms. The van der Waals surface area contributed by atoms with Crippen LogP contribution in [0.25, 0.3) is 27.8 Å². The van der Waals surface area contributed by atoms with E-state index in [4.69, 9.17) is 4.74 Å². The van der Waals surface area contributed by atoms with Gasteiger partial charge in [0.2, 0.25) is 0 Å². The summed E-state index contributed by atoms with van der Waals surface area (Å²) in [6.07, 6.45) is 3.57. The minimum atomic E-state index is 0.844. The molecule has 5 nitrogen and oxygen atoms in total. The Morgan fingerprint density at radius 2 is 1.92 bits per heavy atom. The van der Waals surface area contributed by atoms with Crippen molar-refractivity contribution < 1.29 is 4.74 Å². The number of hydrogen-bond donors (Lipinski definition) is 0. The summed E-state index contributed by atoms with van der Waals surface area (Å²) < 4.78 is 7.33. The van der Waals surface area contributed by atoms with Crippen molar-refractivity contribution in [3.63, 3.8) is 0 Å². The first-order chi connectivity index (χ1) is 12.2. The summed E-state index contributed by atoms with van der Waals surface area (Å²) in [5, 5.41) is 9.50. The average Bonchev–Trinajstić information content (AvgIpc) is 3.13. The third-order valence-electron chi connectivity index (χ3n) is 4.52. The van der Waals surface area contributed by atoms with E-state index < -0.39 is 0 Å². The quantitative estimate of drug-likeness (QED) is 0.567. The normalized spacial score (nSPS) is 11.0. The summed E-state index contributed by atoms with van der Waals surface area (Å²) in [5.74, 6) is 0.844. The second-order valence-electron chi connectivity index (χ2n) is 6.03. The predicted molar refractivity (Wildman–Crippen MR) is 98.1 cm³/mol. The molecule has 2 heterocycles. The van der Waals surface area contributed by atoms with Gasteiger partial charge < -0.3 is 4.74 Å². The zero-order chi connectivity index (χ0) is 17.4. The Kier molecular flexibility index (Phi) is 3.69. The molecular formula is C20H18N4O. The van der Waals surface area contributed by atoms with E-state index in [1.807, 2.05) is 16.8 Å². The number of nitrogens with zero attached hydrogens (tertiary/aromatic N) is 4. The summed E-state index contributed by atoms with van der Waals surface area (Å²) in [6, 6.07) is 14.3. The van der Waals surface area contributed by atoms with Gasteiger partial charge in [0, 0.05) is 23.2 Å². The number of fused-ring (bicyclic) bond motifs is 1. The van der Waals surface area contributed by atoms with E-state index in [2.05, 4.69) is 59.5 Å². The molecule has 5 heteroatoms. The lowest BCUT2D eigenvalue weighted by atomic mass is 10.1. The molecule has 2 aromatic carbocycles. The van der Waals surface area contributed by atoms with Crippen LogP contribution in [0.4, 0.5) is 0 Å². The second-order valence-corrected chi connectivity index (χ2v) is 6.03. The summed E-state index contributed by atoms with van der Waals surface area (Å²) in [4.78, 5) is 4.44. The topological polar surface area (TPSA) is 52.8 Å². The van der Waals surface area contributed by atoms with Crippen LogP contribution in [0, 0.1) is 13.8 Å². The standard InChI is InChI=1S/C20H18N4O/c1-13-9-17(11-20(25-3)14(13)2)24-19(12-22-23-24)16-7-6-15-5-4-8-21-18(15)10-16/h4-12H,1-3H3. The fourth-order valence-corrected chi connectivity index (χ4v) is 2.99. The van der Waals surface area contributed by atoms with E-state index >= 15 is 0 Å². The Bertz CT molecular complexity index is 1070. The number of aromatic nitrogens is 4. The molecule has 0 N–H and O–H groups in total. The molecule has 0 radical (unpaired) electrons. The number of ether oxygens (including phenoxy) is 1. The molecule has 0 saturated heterocycles. The number of benzene rings is 2. The maximum Gasteiger partial charge on any atom is 0.124 e. The van der Waals surface area contributed by atoms with E-state index in [-0.39, 0.29) is 0 Å². The van der Waals surface area contributed by atoms with Crippen LogP contribution in [-0.4, -0.2) is 27.1 Å². The summed E-state index contributed by atoms with van der Waals surface area (Å²) in [5.41, 5.74) is 6.09. The Morgan fingerprint density at radius 3 is 2.76 bits per heavy atom. The highest BCUT2D eigenvalue weighted by Crippen LogP contribution is 2.29. The highest BCUT2D eigenvalue weighted by Gasteiger charge is 2.13. The minimum absolute atomic E-state index is 0.844. The molecule has 0 aliphatic rings. The van der Waals surface area contributed by atoms with Crippen LogP contribution in [0.15, 0.2) is 54.9 Å². The van der Waals surface area contributed by atoms with Crippen LogP contribution in [-0.2, 0) is 0 Å². The predicted octanol–water partition coefficient (Wildman–Crippen LogP) is 4.11. The van der Waals surface area contributed by atoms with Crippen molar-refractivity contribution in [2.45, 2.75) is 13.8 Å². The Hall–Kier alpha value is -3.21. The molecule has 0 spiro atoms. The molecule has 0 atom stereocenters. The van der Waals surface area contributed by atoms with Crippen molar-refractivity contribution in [3.8, 4) is 22.7 Å². The fraction of sp³-hybridized carbons (Fsp3) is 0.150. The second kappa shape index (κ2) is 6.02. The number of pyridine rings is 1. The Morgan fingerprint density at radius 1 is 1.04 bits per heavy atom. The molecule has 0 bridgehead atoms. The molecule has 124 valence electrons. The summed E-state index contributed by atoms with van der Waals surface area (Å²) in [6.45, 7) is 4.12.